The average Bonchev–Trinajstić information content (AvgIpc) is 2.37. The maximum absolute atomic E-state index is 10.8. The largest absolute Gasteiger partial charge is 0.478 e. The molecule has 0 atom stereocenters. The molecule has 0 spiro atoms. The third-order valence-electron chi connectivity index (χ3n) is 2.50. The standard InChI is InChI=1S/C14H13NO2S/c15-13-8-10(6-7-12(13)14(16)17)9-18-11-4-2-1-3-5-11/h1-8H,9,15H2,(H,16,17). The van der Waals surface area contributed by atoms with Gasteiger partial charge in [0.05, 0.1) is 5.56 Å². The number of benzene rings is 2. The maximum Gasteiger partial charge on any atom is 0.337 e. The summed E-state index contributed by atoms with van der Waals surface area (Å²) in [5.74, 6) is -0.219. The van der Waals surface area contributed by atoms with Crippen molar-refractivity contribution in [1.82, 2.24) is 0 Å². The lowest BCUT2D eigenvalue weighted by Crippen LogP contribution is -2.02. The van der Waals surface area contributed by atoms with Crippen LogP contribution in [0, 0.1) is 0 Å². The Labute approximate surface area is 110 Å². The van der Waals surface area contributed by atoms with E-state index >= 15 is 0 Å². The molecule has 0 unspecified atom stereocenters. The van der Waals surface area contributed by atoms with Crippen LogP contribution in [0.1, 0.15) is 15.9 Å². The zero-order valence-corrected chi connectivity index (χ0v) is 10.5. The van der Waals surface area contributed by atoms with Crippen molar-refractivity contribution in [2.45, 2.75) is 10.6 Å². The molecule has 0 bridgehead atoms. The minimum atomic E-state index is -0.991. The van der Waals surface area contributed by atoms with Crippen LogP contribution in [-0.4, -0.2) is 11.1 Å². The molecule has 0 amide bonds. The zero-order chi connectivity index (χ0) is 13.0. The Kier molecular flexibility index (Phi) is 3.89. The van der Waals surface area contributed by atoms with Crippen molar-refractivity contribution in [3.63, 3.8) is 0 Å². The molecule has 0 aliphatic carbocycles. The zero-order valence-electron chi connectivity index (χ0n) is 9.67. The monoisotopic (exact) mass is 259 g/mol. The summed E-state index contributed by atoms with van der Waals surface area (Å²) >= 11 is 1.69. The highest BCUT2D eigenvalue weighted by Crippen LogP contribution is 2.24. The molecule has 0 aliphatic rings. The van der Waals surface area contributed by atoms with Gasteiger partial charge in [0.25, 0.3) is 0 Å². The van der Waals surface area contributed by atoms with E-state index in [4.69, 9.17) is 10.8 Å². The molecule has 0 fully saturated rings. The highest BCUT2D eigenvalue weighted by Gasteiger charge is 2.07. The minimum absolute atomic E-state index is 0.156. The molecular formula is C14H13NO2S. The predicted octanol–water partition coefficient (Wildman–Crippen LogP) is 3.26. The van der Waals surface area contributed by atoms with Crippen molar-refractivity contribution in [3.05, 3.63) is 59.7 Å². The molecular weight excluding hydrogens is 246 g/mol. The number of thioether (sulfide) groups is 1. The van der Waals surface area contributed by atoms with Crippen LogP contribution in [0.2, 0.25) is 0 Å². The van der Waals surface area contributed by atoms with Gasteiger partial charge in [-0.15, -0.1) is 11.8 Å². The van der Waals surface area contributed by atoms with Crippen LogP contribution in [0.5, 0.6) is 0 Å². The second-order valence-electron chi connectivity index (χ2n) is 3.83. The number of hydrogen-bond donors (Lipinski definition) is 2. The first-order valence-corrected chi connectivity index (χ1v) is 6.45. The topological polar surface area (TPSA) is 63.3 Å². The van der Waals surface area contributed by atoms with Gasteiger partial charge in [0.2, 0.25) is 0 Å². The molecule has 4 heteroatoms. The normalized spacial score (nSPS) is 10.2. The van der Waals surface area contributed by atoms with Gasteiger partial charge in [-0.1, -0.05) is 24.3 Å². The van der Waals surface area contributed by atoms with E-state index in [-0.39, 0.29) is 5.56 Å². The Bertz CT molecular complexity index is 555. The van der Waals surface area contributed by atoms with Gasteiger partial charge in [-0.2, -0.15) is 0 Å². The van der Waals surface area contributed by atoms with Crippen molar-refractivity contribution in [2.24, 2.45) is 0 Å². The Hall–Kier alpha value is -1.94. The quantitative estimate of drug-likeness (QED) is 0.653. The first-order valence-electron chi connectivity index (χ1n) is 5.46. The Morgan fingerprint density at radius 2 is 1.89 bits per heavy atom. The van der Waals surface area contributed by atoms with Gasteiger partial charge < -0.3 is 10.8 Å². The second kappa shape index (κ2) is 5.60. The van der Waals surface area contributed by atoms with Crippen molar-refractivity contribution in [1.29, 1.82) is 0 Å². The number of carboxylic acid groups (broad SMARTS) is 1. The molecule has 0 radical (unpaired) electrons. The highest BCUT2D eigenvalue weighted by molar-refractivity contribution is 7.98. The summed E-state index contributed by atoms with van der Waals surface area (Å²) in [6, 6.07) is 15.1. The number of carboxylic acids is 1. The lowest BCUT2D eigenvalue weighted by atomic mass is 10.1. The molecule has 3 N–H and O–H groups in total. The average molecular weight is 259 g/mol. The van der Waals surface area contributed by atoms with E-state index in [2.05, 4.69) is 0 Å². The van der Waals surface area contributed by atoms with E-state index < -0.39 is 5.97 Å². The minimum Gasteiger partial charge on any atom is -0.478 e. The molecule has 18 heavy (non-hydrogen) atoms. The fourth-order valence-corrected chi connectivity index (χ4v) is 2.44. The van der Waals surface area contributed by atoms with Crippen LogP contribution in [0.3, 0.4) is 0 Å². The fourth-order valence-electron chi connectivity index (χ4n) is 1.58. The van der Waals surface area contributed by atoms with Gasteiger partial charge in [0.1, 0.15) is 0 Å². The van der Waals surface area contributed by atoms with E-state index in [1.54, 1.807) is 30.0 Å². The molecule has 2 rings (SSSR count). The highest BCUT2D eigenvalue weighted by atomic mass is 32.2. The summed E-state index contributed by atoms with van der Waals surface area (Å²) < 4.78 is 0. The molecule has 2 aromatic rings. The molecule has 0 saturated heterocycles. The lowest BCUT2D eigenvalue weighted by molar-refractivity contribution is 0.0698. The molecule has 0 aromatic heterocycles. The fraction of sp³-hybridized carbons (Fsp3) is 0.0714. The lowest BCUT2D eigenvalue weighted by Gasteiger charge is -2.05. The van der Waals surface area contributed by atoms with Crippen LogP contribution < -0.4 is 5.73 Å². The summed E-state index contributed by atoms with van der Waals surface area (Å²) in [6.45, 7) is 0. The van der Waals surface area contributed by atoms with Gasteiger partial charge in [-0.25, -0.2) is 4.79 Å². The van der Waals surface area contributed by atoms with Gasteiger partial charge >= 0.3 is 5.97 Å². The van der Waals surface area contributed by atoms with Crippen molar-refractivity contribution < 1.29 is 9.90 Å². The number of carbonyl (C=O) groups is 1. The third-order valence-corrected chi connectivity index (χ3v) is 3.58. The van der Waals surface area contributed by atoms with E-state index in [0.717, 1.165) is 11.3 Å². The molecule has 0 saturated carbocycles. The van der Waals surface area contributed by atoms with E-state index in [1.165, 1.54) is 4.90 Å². The van der Waals surface area contributed by atoms with Crippen LogP contribution in [0.25, 0.3) is 0 Å². The van der Waals surface area contributed by atoms with Crippen molar-refractivity contribution in [2.75, 3.05) is 5.73 Å². The first kappa shape index (κ1) is 12.5. The first-order chi connectivity index (χ1) is 8.66. The SMILES string of the molecule is Nc1cc(CSc2ccccc2)ccc1C(=O)O. The van der Waals surface area contributed by atoms with Crippen LogP contribution >= 0.6 is 11.8 Å². The number of rotatable bonds is 4. The summed E-state index contributed by atoms with van der Waals surface area (Å²) in [5.41, 5.74) is 7.19. The summed E-state index contributed by atoms with van der Waals surface area (Å²) in [7, 11) is 0. The second-order valence-corrected chi connectivity index (χ2v) is 4.88. The molecule has 0 heterocycles. The maximum atomic E-state index is 10.8. The Balaban J connectivity index is 2.07. The van der Waals surface area contributed by atoms with Gasteiger partial charge in [0, 0.05) is 16.3 Å². The van der Waals surface area contributed by atoms with E-state index in [0.29, 0.717) is 5.69 Å². The third kappa shape index (κ3) is 3.05. The number of anilines is 1. The van der Waals surface area contributed by atoms with Crippen molar-refractivity contribution >= 4 is 23.4 Å². The summed E-state index contributed by atoms with van der Waals surface area (Å²) in [5, 5.41) is 8.88. The van der Waals surface area contributed by atoms with Crippen LogP contribution in [0.15, 0.2) is 53.4 Å². The number of aromatic carboxylic acids is 1. The van der Waals surface area contributed by atoms with E-state index in [1.807, 2.05) is 30.3 Å². The van der Waals surface area contributed by atoms with E-state index in [9.17, 15) is 4.79 Å². The number of nitrogens with two attached hydrogens (primary N) is 1. The summed E-state index contributed by atoms with van der Waals surface area (Å²) in [4.78, 5) is 12.0. The number of nitrogen functional groups attached to an aromatic ring is 1. The molecule has 3 nitrogen and oxygen atoms in total. The van der Waals surface area contributed by atoms with Crippen LogP contribution in [-0.2, 0) is 5.75 Å². The molecule has 0 aliphatic heterocycles. The van der Waals surface area contributed by atoms with Gasteiger partial charge in [-0.05, 0) is 29.8 Å². The van der Waals surface area contributed by atoms with Crippen LogP contribution in [0.4, 0.5) is 5.69 Å². The predicted molar refractivity (Wildman–Crippen MR) is 73.8 cm³/mol. The Morgan fingerprint density at radius 3 is 2.50 bits per heavy atom. The molecule has 2 aromatic carbocycles. The number of hydrogen-bond acceptors (Lipinski definition) is 3. The molecule has 92 valence electrons. The van der Waals surface area contributed by atoms with Gasteiger partial charge in [-0.3, -0.25) is 0 Å². The summed E-state index contributed by atoms with van der Waals surface area (Å²) in [6.07, 6.45) is 0. The van der Waals surface area contributed by atoms with Gasteiger partial charge in [0.15, 0.2) is 0 Å². The van der Waals surface area contributed by atoms with Crippen molar-refractivity contribution in [3.8, 4) is 0 Å². The smallest absolute Gasteiger partial charge is 0.337 e. The Morgan fingerprint density at radius 1 is 1.17 bits per heavy atom.